The largest absolute Gasteiger partial charge is 0.366 e. The maximum absolute atomic E-state index is 13.8. The van der Waals surface area contributed by atoms with E-state index in [1.54, 1.807) is 18.2 Å². The number of carbonyl (C=O) groups is 1. The van der Waals surface area contributed by atoms with Gasteiger partial charge in [0.05, 0.1) is 28.4 Å². The van der Waals surface area contributed by atoms with E-state index in [2.05, 4.69) is 20.2 Å². The molecule has 1 amide bonds. The summed E-state index contributed by atoms with van der Waals surface area (Å²) in [6.07, 6.45) is 1.31. The number of benzene rings is 2. The van der Waals surface area contributed by atoms with Crippen LogP contribution in [-0.4, -0.2) is 38.0 Å². The van der Waals surface area contributed by atoms with Crippen molar-refractivity contribution in [3.63, 3.8) is 0 Å². The summed E-state index contributed by atoms with van der Waals surface area (Å²) in [5.41, 5.74) is 4.54. The van der Waals surface area contributed by atoms with Gasteiger partial charge in [0, 0.05) is 54.6 Å². The molecule has 0 aliphatic carbocycles. The molecule has 2 aromatic heterocycles. The number of hydrogen-bond acceptors (Lipinski definition) is 6. The lowest BCUT2D eigenvalue weighted by atomic mass is 9.70. The van der Waals surface area contributed by atoms with E-state index < -0.39 is 10.8 Å². The molecule has 1 saturated heterocycles. The Morgan fingerprint density at radius 3 is 2.84 bits per heavy atom. The minimum absolute atomic E-state index is 0.0108. The predicted octanol–water partition coefficient (Wildman–Crippen LogP) is 3.11. The number of amides is 1. The zero-order valence-corrected chi connectivity index (χ0v) is 20.5. The molecular weight excluding hydrogens is 484 g/mol. The van der Waals surface area contributed by atoms with Crippen molar-refractivity contribution in [3.05, 3.63) is 98.2 Å². The van der Waals surface area contributed by atoms with Gasteiger partial charge in [-0.15, -0.1) is 0 Å². The van der Waals surface area contributed by atoms with Crippen molar-refractivity contribution >= 4 is 28.3 Å². The van der Waals surface area contributed by atoms with Crippen LogP contribution in [0.25, 0.3) is 11.0 Å². The van der Waals surface area contributed by atoms with Gasteiger partial charge in [-0.1, -0.05) is 18.2 Å². The number of piperidine rings is 1. The summed E-state index contributed by atoms with van der Waals surface area (Å²) in [5, 5.41) is 14.6. The van der Waals surface area contributed by atoms with Gasteiger partial charge in [-0.2, -0.15) is 0 Å². The Labute approximate surface area is 217 Å². The molecule has 4 atom stereocenters. The Kier molecular flexibility index (Phi) is 5.10. The fourth-order valence-corrected chi connectivity index (χ4v) is 6.84. The van der Waals surface area contributed by atoms with E-state index in [1.165, 1.54) is 0 Å². The molecule has 0 radical (unpaired) electrons. The molecule has 3 aliphatic heterocycles. The minimum Gasteiger partial charge on any atom is -0.366 e. The lowest BCUT2D eigenvalue weighted by molar-refractivity contribution is -0.384. The summed E-state index contributed by atoms with van der Waals surface area (Å²) in [5.74, 6) is 0.402. The van der Waals surface area contributed by atoms with E-state index in [0.717, 1.165) is 34.4 Å². The smallest absolute Gasteiger partial charge is 0.269 e. The van der Waals surface area contributed by atoms with Crippen molar-refractivity contribution in [3.8, 4) is 0 Å². The van der Waals surface area contributed by atoms with Crippen LogP contribution in [-0.2, 0) is 24.3 Å². The fourth-order valence-electron chi connectivity index (χ4n) is 6.84. The third kappa shape index (κ3) is 3.59. The number of nitro groups is 1. The van der Waals surface area contributed by atoms with Crippen LogP contribution in [0.2, 0.25) is 0 Å². The molecule has 0 spiro atoms. The molecular formula is C28H26N6O4. The molecule has 5 heterocycles. The molecule has 2 N–H and O–H groups in total. The average molecular weight is 511 g/mol. The number of carbonyl (C=O) groups excluding carboxylic acids is 1. The molecule has 0 unspecified atom stereocenters. The highest BCUT2D eigenvalue weighted by Crippen LogP contribution is 2.47. The van der Waals surface area contributed by atoms with Crippen LogP contribution in [0, 0.1) is 22.0 Å². The number of nitrogens with one attached hydrogen (secondary N) is 2. The van der Waals surface area contributed by atoms with Crippen LogP contribution in [0.5, 0.6) is 0 Å². The van der Waals surface area contributed by atoms with E-state index in [9.17, 15) is 19.7 Å². The highest BCUT2D eigenvalue weighted by Gasteiger charge is 2.49. The molecule has 2 bridgehead atoms. The first kappa shape index (κ1) is 22.7. The summed E-state index contributed by atoms with van der Waals surface area (Å²) in [6, 6.07) is 18.0. The number of hydrogen-bond donors (Lipinski definition) is 2. The van der Waals surface area contributed by atoms with E-state index in [-0.39, 0.29) is 41.6 Å². The Hall–Kier alpha value is -4.47. The van der Waals surface area contributed by atoms with Crippen molar-refractivity contribution in [2.75, 3.05) is 11.4 Å². The van der Waals surface area contributed by atoms with Crippen LogP contribution < -0.4 is 15.8 Å². The predicted molar refractivity (Wildman–Crippen MR) is 141 cm³/mol. The van der Waals surface area contributed by atoms with Crippen LogP contribution in [0.1, 0.15) is 29.4 Å². The highest BCUT2D eigenvalue weighted by molar-refractivity contribution is 5.82. The normalized spacial score (nSPS) is 23.3. The number of nitrogens with zero attached hydrogens (tertiary/aromatic N) is 4. The number of anilines is 1. The molecule has 4 aromatic rings. The molecule has 7 rings (SSSR count). The number of non-ortho nitro benzene ring substituents is 1. The Morgan fingerprint density at radius 2 is 2.00 bits per heavy atom. The van der Waals surface area contributed by atoms with E-state index in [1.807, 2.05) is 47.0 Å². The van der Waals surface area contributed by atoms with Gasteiger partial charge in [-0.3, -0.25) is 19.7 Å². The lowest BCUT2D eigenvalue weighted by Crippen LogP contribution is -2.61. The molecule has 10 heteroatoms. The van der Waals surface area contributed by atoms with Crippen LogP contribution in [0.3, 0.4) is 0 Å². The summed E-state index contributed by atoms with van der Waals surface area (Å²) < 4.78 is 1.87. The van der Waals surface area contributed by atoms with Gasteiger partial charge < -0.3 is 19.8 Å². The number of imidazole rings is 1. The number of para-hydroxylation sites is 2. The fraction of sp³-hybridized carbons (Fsp3) is 0.321. The van der Waals surface area contributed by atoms with Crippen LogP contribution >= 0.6 is 0 Å². The van der Waals surface area contributed by atoms with Gasteiger partial charge in [-0.25, -0.2) is 4.98 Å². The molecule has 2 aromatic carbocycles. The van der Waals surface area contributed by atoms with Gasteiger partial charge in [0.2, 0.25) is 5.91 Å². The van der Waals surface area contributed by atoms with Gasteiger partial charge in [0.15, 0.2) is 0 Å². The Balaban J connectivity index is 1.24. The van der Waals surface area contributed by atoms with Gasteiger partial charge in [0.25, 0.3) is 11.2 Å². The highest BCUT2D eigenvalue weighted by atomic mass is 16.6. The number of H-pyrrole nitrogens is 1. The second-order valence-electron chi connectivity index (χ2n) is 10.5. The Morgan fingerprint density at radius 1 is 1.13 bits per heavy atom. The van der Waals surface area contributed by atoms with E-state index in [4.69, 9.17) is 0 Å². The lowest BCUT2D eigenvalue weighted by Gasteiger charge is -2.54. The number of fused-ring (bicyclic) bond motifs is 9. The molecule has 10 nitrogen and oxygen atoms in total. The molecule has 192 valence electrons. The second kappa shape index (κ2) is 8.54. The summed E-state index contributed by atoms with van der Waals surface area (Å²) >= 11 is 0. The first-order chi connectivity index (χ1) is 18.5. The van der Waals surface area contributed by atoms with Gasteiger partial charge in [0.1, 0.15) is 5.82 Å². The number of nitro benzene ring substituents is 1. The Bertz CT molecular complexity index is 1630. The van der Waals surface area contributed by atoms with Crippen molar-refractivity contribution in [1.29, 1.82) is 0 Å². The molecule has 1 fully saturated rings. The quantitative estimate of drug-likeness (QED) is 0.321. The standard InChI is InChI=1S/C28H26N6O4/c35-26-7-3-6-23-17-10-18(15-32(23)26)27-20(12-16-11-19(34(37)38)8-9-24(16)33(27)14-17)28(36)29-13-25-30-21-4-1-2-5-22(21)31-25/h1-9,11,17-18,20,27H,10,12-15H2,(H,29,36)(H,30,31)/t17-,18+,20-,27+/m1/s1. The number of aromatic amines is 1. The van der Waals surface area contributed by atoms with Crippen LogP contribution in [0.4, 0.5) is 11.4 Å². The number of aromatic nitrogens is 3. The van der Waals surface area contributed by atoms with E-state index >= 15 is 0 Å². The van der Waals surface area contributed by atoms with Gasteiger partial charge >= 0.3 is 0 Å². The molecule has 38 heavy (non-hydrogen) atoms. The monoisotopic (exact) mass is 510 g/mol. The third-order valence-corrected chi connectivity index (χ3v) is 8.41. The minimum atomic E-state index is -0.416. The maximum Gasteiger partial charge on any atom is 0.269 e. The van der Waals surface area contributed by atoms with Crippen molar-refractivity contribution in [2.24, 2.45) is 11.8 Å². The number of rotatable bonds is 4. The molecule has 0 saturated carbocycles. The molecule has 3 aliphatic rings. The topological polar surface area (TPSA) is 126 Å². The summed E-state index contributed by atoms with van der Waals surface area (Å²) in [4.78, 5) is 47.7. The zero-order valence-electron chi connectivity index (χ0n) is 20.5. The van der Waals surface area contributed by atoms with Gasteiger partial charge in [-0.05, 0) is 48.6 Å². The van der Waals surface area contributed by atoms with Crippen molar-refractivity contribution < 1.29 is 9.72 Å². The SMILES string of the molecule is O=C(NCc1nc2ccccc2[nH]1)[C@@H]1Cc2cc([N+](=O)[O-])ccc2N2C[C@H]3C[C@@H](Cn4c3cccc4=O)[C@@H]12. The van der Waals surface area contributed by atoms with E-state index in [0.29, 0.717) is 25.3 Å². The van der Waals surface area contributed by atoms with Crippen LogP contribution in [0.15, 0.2) is 65.5 Å². The zero-order chi connectivity index (χ0) is 26.0. The van der Waals surface area contributed by atoms with Crippen molar-refractivity contribution in [2.45, 2.75) is 37.9 Å². The first-order valence-electron chi connectivity index (χ1n) is 12.9. The maximum atomic E-state index is 13.8. The van der Waals surface area contributed by atoms with Crippen molar-refractivity contribution in [1.82, 2.24) is 19.9 Å². The average Bonchev–Trinajstić information content (AvgIpc) is 3.34. The first-order valence-corrected chi connectivity index (χ1v) is 12.9. The summed E-state index contributed by atoms with van der Waals surface area (Å²) in [6.45, 7) is 1.47. The summed E-state index contributed by atoms with van der Waals surface area (Å²) in [7, 11) is 0. The second-order valence-corrected chi connectivity index (χ2v) is 10.5. The number of pyridine rings is 1. The third-order valence-electron chi connectivity index (χ3n) is 8.41.